The summed E-state index contributed by atoms with van der Waals surface area (Å²) in [4.78, 5) is 31.6. The maximum atomic E-state index is 12.7. The number of hydrogen-bond donors (Lipinski definition) is 2. The van der Waals surface area contributed by atoms with Crippen LogP contribution in [0.15, 0.2) is 67.0 Å². The van der Waals surface area contributed by atoms with Crippen molar-refractivity contribution in [3.63, 3.8) is 0 Å². The normalized spacial score (nSPS) is 10.6. The number of ether oxygens (including phenoxy) is 1. The van der Waals surface area contributed by atoms with Crippen LogP contribution < -0.4 is 15.6 Å². The van der Waals surface area contributed by atoms with Gasteiger partial charge in [0.15, 0.2) is 0 Å². The molecule has 0 aliphatic rings. The predicted molar refractivity (Wildman–Crippen MR) is 120 cm³/mol. The van der Waals surface area contributed by atoms with Gasteiger partial charge in [-0.3, -0.25) is 25.8 Å². The molecule has 1 heterocycles. The first-order valence-corrected chi connectivity index (χ1v) is 9.72. The topological polar surface area (TPSA) is 119 Å². The number of fused-ring (bicyclic) bond motifs is 1. The number of amides is 1. The number of carbonyl (C=O) groups is 1. The van der Waals surface area contributed by atoms with Gasteiger partial charge in [0.05, 0.1) is 4.92 Å². The smallest absolute Gasteiger partial charge is 0.374 e. The molecule has 9 heteroatoms. The Bertz CT molecular complexity index is 1330. The fourth-order valence-corrected chi connectivity index (χ4v) is 3.19. The Labute approximate surface area is 183 Å². The highest BCUT2D eigenvalue weighted by Crippen LogP contribution is 2.34. The summed E-state index contributed by atoms with van der Waals surface area (Å²) in [7, 11) is 0. The van der Waals surface area contributed by atoms with Crippen LogP contribution in [0, 0.1) is 24.0 Å². The van der Waals surface area contributed by atoms with Crippen molar-refractivity contribution in [3.05, 3.63) is 93.8 Å². The Kier molecular flexibility index (Phi) is 5.63. The van der Waals surface area contributed by atoms with E-state index in [2.05, 4.69) is 20.8 Å². The molecule has 0 bridgehead atoms. The van der Waals surface area contributed by atoms with E-state index in [-0.39, 0.29) is 11.7 Å². The number of nitrogens with one attached hydrogen (secondary N) is 2. The number of aromatic nitrogens is 2. The molecule has 9 nitrogen and oxygen atoms in total. The minimum absolute atomic E-state index is 0.197. The molecule has 0 aliphatic carbocycles. The fourth-order valence-electron chi connectivity index (χ4n) is 3.19. The summed E-state index contributed by atoms with van der Waals surface area (Å²) >= 11 is 0. The van der Waals surface area contributed by atoms with Gasteiger partial charge < -0.3 is 4.74 Å². The Morgan fingerprint density at radius 2 is 1.78 bits per heavy atom. The van der Waals surface area contributed by atoms with E-state index in [1.54, 1.807) is 24.3 Å². The van der Waals surface area contributed by atoms with E-state index < -0.39 is 16.5 Å². The van der Waals surface area contributed by atoms with Crippen LogP contribution in [-0.4, -0.2) is 20.8 Å². The van der Waals surface area contributed by atoms with Gasteiger partial charge in [-0.15, -0.1) is 0 Å². The molecule has 0 unspecified atom stereocenters. The molecule has 0 atom stereocenters. The zero-order chi connectivity index (χ0) is 22.7. The van der Waals surface area contributed by atoms with Crippen LogP contribution in [0.5, 0.6) is 11.6 Å². The van der Waals surface area contributed by atoms with Gasteiger partial charge in [-0.05, 0) is 53.9 Å². The number of aryl methyl sites for hydroxylation is 2. The van der Waals surface area contributed by atoms with Crippen molar-refractivity contribution in [2.75, 3.05) is 5.43 Å². The van der Waals surface area contributed by atoms with Crippen molar-refractivity contribution < 1.29 is 14.5 Å². The molecule has 32 heavy (non-hydrogen) atoms. The number of hydrazine groups is 1. The molecule has 4 rings (SSSR count). The summed E-state index contributed by atoms with van der Waals surface area (Å²) in [5, 5.41) is 13.4. The van der Waals surface area contributed by atoms with E-state index in [0.29, 0.717) is 11.3 Å². The molecule has 0 saturated heterocycles. The lowest BCUT2D eigenvalue weighted by atomic mass is 10.0. The second-order valence-electron chi connectivity index (χ2n) is 7.09. The van der Waals surface area contributed by atoms with Crippen LogP contribution in [0.4, 0.5) is 11.5 Å². The lowest BCUT2D eigenvalue weighted by Crippen LogP contribution is -2.30. The molecule has 2 N–H and O–H groups in total. The van der Waals surface area contributed by atoms with Gasteiger partial charge in [0.2, 0.25) is 5.82 Å². The predicted octanol–water partition coefficient (Wildman–Crippen LogP) is 4.70. The van der Waals surface area contributed by atoms with Crippen molar-refractivity contribution in [2.45, 2.75) is 13.8 Å². The third-order valence-corrected chi connectivity index (χ3v) is 4.99. The second-order valence-corrected chi connectivity index (χ2v) is 7.09. The first-order valence-electron chi connectivity index (χ1n) is 9.72. The molecule has 0 fully saturated rings. The van der Waals surface area contributed by atoms with Crippen LogP contribution in [0.3, 0.4) is 0 Å². The monoisotopic (exact) mass is 429 g/mol. The molecule has 160 valence electrons. The van der Waals surface area contributed by atoms with E-state index in [4.69, 9.17) is 4.74 Å². The molecule has 0 saturated carbocycles. The van der Waals surface area contributed by atoms with Crippen LogP contribution >= 0.6 is 0 Å². The van der Waals surface area contributed by atoms with Gasteiger partial charge in [0.25, 0.3) is 5.91 Å². The number of carbonyl (C=O) groups excluding carboxylic acids is 1. The molecule has 4 aromatic rings. The second kappa shape index (κ2) is 8.68. The highest BCUT2D eigenvalue weighted by atomic mass is 16.6. The number of anilines is 1. The van der Waals surface area contributed by atoms with Gasteiger partial charge in [-0.2, -0.15) is 4.98 Å². The third-order valence-electron chi connectivity index (χ3n) is 4.99. The summed E-state index contributed by atoms with van der Waals surface area (Å²) < 4.78 is 5.65. The van der Waals surface area contributed by atoms with Crippen molar-refractivity contribution >= 4 is 28.2 Å². The van der Waals surface area contributed by atoms with Gasteiger partial charge in [0, 0.05) is 5.56 Å². The summed E-state index contributed by atoms with van der Waals surface area (Å²) in [6.07, 6.45) is 1.12. The highest BCUT2D eigenvalue weighted by molar-refractivity contribution is 6.07. The summed E-state index contributed by atoms with van der Waals surface area (Å²) in [5.74, 6) is -0.500. The van der Waals surface area contributed by atoms with Gasteiger partial charge in [0.1, 0.15) is 12.1 Å². The summed E-state index contributed by atoms with van der Waals surface area (Å²) in [6.45, 7) is 3.86. The maximum absolute atomic E-state index is 12.7. The number of nitro groups is 1. The molecule has 1 amide bonds. The molecule has 0 spiro atoms. The average molecular weight is 429 g/mol. The summed E-state index contributed by atoms with van der Waals surface area (Å²) in [6, 6.07) is 18.1. The number of rotatable bonds is 6. The molecular weight excluding hydrogens is 410 g/mol. The zero-order valence-corrected chi connectivity index (χ0v) is 17.3. The largest absolute Gasteiger partial charge is 0.434 e. The number of benzene rings is 3. The van der Waals surface area contributed by atoms with Gasteiger partial charge in [-0.1, -0.05) is 42.5 Å². The first-order chi connectivity index (χ1) is 15.4. The van der Waals surface area contributed by atoms with Crippen molar-refractivity contribution in [3.8, 4) is 11.6 Å². The first kappa shape index (κ1) is 20.7. The van der Waals surface area contributed by atoms with E-state index >= 15 is 0 Å². The quantitative estimate of drug-likeness (QED) is 0.337. The van der Waals surface area contributed by atoms with Crippen molar-refractivity contribution in [2.24, 2.45) is 0 Å². The minimum atomic E-state index is -0.664. The van der Waals surface area contributed by atoms with Crippen molar-refractivity contribution in [1.29, 1.82) is 0 Å². The van der Waals surface area contributed by atoms with E-state index in [1.807, 2.05) is 50.2 Å². The fraction of sp³-hybridized carbons (Fsp3) is 0.0870. The summed E-state index contributed by atoms with van der Waals surface area (Å²) in [5.41, 5.74) is 6.96. The molecular formula is C23H19N5O4. The Balaban J connectivity index is 1.59. The Hall–Kier alpha value is -4.53. The van der Waals surface area contributed by atoms with Crippen LogP contribution in [0.1, 0.15) is 21.5 Å². The zero-order valence-electron chi connectivity index (χ0n) is 17.3. The third kappa shape index (κ3) is 4.17. The van der Waals surface area contributed by atoms with Crippen LogP contribution in [0.2, 0.25) is 0 Å². The van der Waals surface area contributed by atoms with Crippen molar-refractivity contribution in [1.82, 2.24) is 15.4 Å². The molecule has 3 aromatic carbocycles. The SMILES string of the molecule is Cc1ccc(Oc2ncnc(NNC(=O)c3cccc4ccccc34)c2[N+](=O)[O-])cc1C. The molecule has 1 aromatic heterocycles. The van der Waals surface area contributed by atoms with E-state index in [9.17, 15) is 14.9 Å². The van der Waals surface area contributed by atoms with Gasteiger partial charge >= 0.3 is 11.6 Å². The standard InChI is InChI=1S/C23H19N5O4/c1-14-10-11-17(12-15(14)2)32-23-20(28(30)31)21(24-13-25-23)26-27-22(29)19-9-5-7-16-6-3-4-8-18(16)19/h3-13H,1-2H3,(H,27,29)(H,24,25,26). The Morgan fingerprint density at radius 1 is 1.00 bits per heavy atom. The maximum Gasteiger partial charge on any atom is 0.374 e. The van der Waals surface area contributed by atoms with Crippen LogP contribution in [-0.2, 0) is 0 Å². The van der Waals surface area contributed by atoms with E-state index in [0.717, 1.165) is 28.2 Å². The Morgan fingerprint density at radius 3 is 2.56 bits per heavy atom. The minimum Gasteiger partial charge on any atom is -0.434 e. The lowest BCUT2D eigenvalue weighted by Gasteiger charge is -2.12. The highest BCUT2D eigenvalue weighted by Gasteiger charge is 2.26. The number of hydrogen-bond acceptors (Lipinski definition) is 7. The molecule has 0 radical (unpaired) electrons. The van der Waals surface area contributed by atoms with Gasteiger partial charge in [-0.25, -0.2) is 4.98 Å². The lowest BCUT2D eigenvalue weighted by molar-refractivity contribution is -0.385. The average Bonchev–Trinajstić information content (AvgIpc) is 2.79. The number of nitrogens with zero attached hydrogens (tertiary/aromatic N) is 3. The van der Waals surface area contributed by atoms with Crippen LogP contribution in [0.25, 0.3) is 10.8 Å². The van der Waals surface area contributed by atoms with E-state index in [1.165, 1.54) is 0 Å². The molecule has 0 aliphatic heterocycles.